The Kier molecular flexibility index (Phi) is 4.67. The molecule has 2 heterocycles. The van der Waals surface area contributed by atoms with Crippen molar-refractivity contribution in [1.29, 1.82) is 0 Å². The molecule has 0 aromatic heterocycles. The number of piperazine rings is 1. The lowest BCUT2D eigenvalue weighted by molar-refractivity contribution is -0.135. The molecular formula is C23H25N3O2. The molecule has 5 nitrogen and oxygen atoms in total. The number of para-hydroxylation sites is 1. The number of hydrogen-bond donors (Lipinski definition) is 0. The third-order valence-corrected chi connectivity index (χ3v) is 5.78. The van der Waals surface area contributed by atoms with Crippen molar-refractivity contribution in [2.75, 3.05) is 38.1 Å². The zero-order chi connectivity index (χ0) is 19.8. The van der Waals surface area contributed by atoms with Crippen molar-refractivity contribution < 1.29 is 9.59 Å². The molecule has 0 N–H and O–H groups in total. The molecule has 0 saturated carbocycles. The number of aryl methyl sites for hydroxylation is 2. The zero-order valence-corrected chi connectivity index (χ0v) is 16.6. The second kappa shape index (κ2) is 7.15. The van der Waals surface area contributed by atoms with Gasteiger partial charge in [0, 0.05) is 38.9 Å². The maximum absolute atomic E-state index is 12.9. The summed E-state index contributed by atoms with van der Waals surface area (Å²) in [5, 5.41) is 0. The number of nitrogens with zero attached hydrogens (tertiary/aromatic N) is 3. The van der Waals surface area contributed by atoms with Crippen LogP contribution in [-0.4, -0.2) is 54.8 Å². The fourth-order valence-electron chi connectivity index (χ4n) is 3.90. The van der Waals surface area contributed by atoms with Gasteiger partial charge in [-0.1, -0.05) is 36.4 Å². The highest BCUT2D eigenvalue weighted by atomic mass is 16.2. The number of rotatable bonds is 3. The summed E-state index contributed by atoms with van der Waals surface area (Å²) in [6, 6.07) is 16.3. The van der Waals surface area contributed by atoms with Crippen LogP contribution in [0.1, 0.15) is 16.7 Å². The summed E-state index contributed by atoms with van der Waals surface area (Å²) in [5.41, 5.74) is 5.38. The Balaban J connectivity index is 1.65. The summed E-state index contributed by atoms with van der Waals surface area (Å²) in [5.74, 6) is -0.417. The van der Waals surface area contributed by atoms with Crippen molar-refractivity contribution in [2.24, 2.45) is 0 Å². The molecule has 2 aliphatic rings. The van der Waals surface area contributed by atoms with Crippen LogP contribution in [0.15, 0.2) is 54.2 Å². The van der Waals surface area contributed by atoms with Gasteiger partial charge in [-0.15, -0.1) is 0 Å². The Morgan fingerprint density at radius 3 is 2.04 bits per heavy atom. The van der Waals surface area contributed by atoms with Gasteiger partial charge in [-0.3, -0.25) is 14.5 Å². The van der Waals surface area contributed by atoms with Gasteiger partial charge in [0.1, 0.15) is 5.70 Å². The van der Waals surface area contributed by atoms with Crippen LogP contribution < -0.4 is 4.90 Å². The smallest absolute Gasteiger partial charge is 0.277 e. The second-order valence-corrected chi connectivity index (χ2v) is 7.50. The van der Waals surface area contributed by atoms with Gasteiger partial charge in [0.15, 0.2) is 0 Å². The number of hydrogen-bond acceptors (Lipinski definition) is 4. The van der Waals surface area contributed by atoms with Crippen LogP contribution in [0.3, 0.4) is 0 Å². The van der Waals surface area contributed by atoms with Crippen LogP contribution in [0.4, 0.5) is 5.69 Å². The number of benzene rings is 2. The minimum Gasteiger partial charge on any atom is -0.368 e. The molecule has 2 amide bonds. The first kappa shape index (κ1) is 18.3. The van der Waals surface area contributed by atoms with E-state index in [1.54, 1.807) is 7.05 Å². The minimum atomic E-state index is -0.214. The van der Waals surface area contributed by atoms with Crippen molar-refractivity contribution in [2.45, 2.75) is 13.8 Å². The first-order valence-electron chi connectivity index (χ1n) is 9.66. The largest absolute Gasteiger partial charge is 0.368 e. The van der Waals surface area contributed by atoms with Gasteiger partial charge >= 0.3 is 0 Å². The molecule has 0 aliphatic carbocycles. The fourth-order valence-corrected chi connectivity index (χ4v) is 3.90. The molecule has 2 aliphatic heterocycles. The first-order chi connectivity index (χ1) is 13.5. The minimum absolute atomic E-state index is 0.202. The molecule has 2 aromatic carbocycles. The van der Waals surface area contributed by atoms with E-state index in [-0.39, 0.29) is 11.8 Å². The second-order valence-electron chi connectivity index (χ2n) is 7.50. The molecule has 0 spiro atoms. The van der Waals surface area contributed by atoms with E-state index in [4.69, 9.17) is 0 Å². The molecule has 144 valence electrons. The lowest BCUT2D eigenvalue weighted by Gasteiger charge is -2.37. The normalized spacial score (nSPS) is 17.8. The highest BCUT2D eigenvalue weighted by molar-refractivity contribution is 6.35. The van der Waals surface area contributed by atoms with Crippen molar-refractivity contribution in [3.05, 3.63) is 70.9 Å². The van der Waals surface area contributed by atoms with E-state index in [0.29, 0.717) is 24.4 Å². The van der Waals surface area contributed by atoms with Crippen molar-refractivity contribution in [1.82, 2.24) is 9.80 Å². The van der Waals surface area contributed by atoms with Crippen LogP contribution in [0.2, 0.25) is 0 Å². The van der Waals surface area contributed by atoms with E-state index < -0.39 is 0 Å². The Morgan fingerprint density at radius 2 is 1.39 bits per heavy atom. The third-order valence-electron chi connectivity index (χ3n) is 5.78. The molecule has 0 unspecified atom stereocenters. The number of imide groups is 1. The average molecular weight is 375 g/mol. The Hall–Kier alpha value is -3.08. The molecule has 0 bridgehead atoms. The first-order valence-corrected chi connectivity index (χ1v) is 9.66. The number of carbonyl (C=O) groups is 2. The number of carbonyl (C=O) groups excluding carboxylic acids is 2. The quantitative estimate of drug-likeness (QED) is 0.774. The summed E-state index contributed by atoms with van der Waals surface area (Å²) in [7, 11) is 1.57. The zero-order valence-electron chi connectivity index (χ0n) is 16.6. The molecule has 2 aromatic rings. The highest BCUT2D eigenvalue weighted by Crippen LogP contribution is 2.32. The van der Waals surface area contributed by atoms with Crippen LogP contribution in [0.25, 0.3) is 5.57 Å². The lowest BCUT2D eigenvalue weighted by Crippen LogP contribution is -2.47. The Morgan fingerprint density at radius 1 is 0.750 bits per heavy atom. The summed E-state index contributed by atoms with van der Waals surface area (Å²) in [6.45, 7) is 7.14. The topological polar surface area (TPSA) is 43.9 Å². The molecule has 1 fully saturated rings. The summed E-state index contributed by atoms with van der Waals surface area (Å²) < 4.78 is 0. The summed E-state index contributed by atoms with van der Waals surface area (Å²) in [4.78, 5) is 31.4. The van der Waals surface area contributed by atoms with E-state index in [9.17, 15) is 9.59 Å². The maximum atomic E-state index is 12.9. The molecular weight excluding hydrogens is 350 g/mol. The van der Waals surface area contributed by atoms with Gasteiger partial charge in [0.25, 0.3) is 11.8 Å². The van der Waals surface area contributed by atoms with E-state index in [0.717, 1.165) is 24.2 Å². The number of amides is 2. The Labute approximate surface area is 165 Å². The van der Waals surface area contributed by atoms with E-state index in [1.807, 2.05) is 50.2 Å². The van der Waals surface area contributed by atoms with Crippen molar-refractivity contribution in [3.63, 3.8) is 0 Å². The van der Waals surface area contributed by atoms with Crippen LogP contribution in [0, 0.1) is 13.8 Å². The Bertz CT molecular complexity index is 957. The predicted octanol–water partition coefficient (Wildman–Crippen LogP) is 2.84. The third kappa shape index (κ3) is 3.07. The fraction of sp³-hybridized carbons (Fsp3) is 0.304. The van der Waals surface area contributed by atoms with Gasteiger partial charge < -0.3 is 9.80 Å². The van der Waals surface area contributed by atoms with Crippen molar-refractivity contribution in [3.8, 4) is 0 Å². The maximum Gasteiger partial charge on any atom is 0.277 e. The van der Waals surface area contributed by atoms with Gasteiger partial charge in [0.2, 0.25) is 0 Å². The van der Waals surface area contributed by atoms with E-state index in [2.05, 4.69) is 21.9 Å². The van der Waals surface area contributed by atoms with Crippen molar-refractivity contribution >= 4 is 23.1 Å². The van der Waals surface area contributed by atoms with Gasteiger partial charge in [0.05, 0.1) is 5.57 Å². The average Bonchev–Trinajstić information content (AvgIpc) is 2.95. The monoisotopic (exact) mass is 375 g/mol. The van der Waals surface area contributed by atoms with E-state index in [1.165, 1.54) is 16.2 Å². The lowest BCUT2D eigenvalue weighted by atomic mass is 9.99. The van der Waals surface area contributed by atoms with Crippen LogP contribution in [-0.2, 0) is 9.59 Å². The molecule has 4 rings (SSSR count). The highest BCUT2D eigenvalue weighted by Gasteiger charge is 2.40. The van der Waals surface area contributed by atoms with Gasteiger partial charge in [-0.25, -0.2) is 0 Å². The van der Waals surface area contributed by atoms with Crippen LogP contribution in [0.5, 0.6) is 0 Å². The molecule has 0 radical (unpaired) electrons. The van der Waals surface area contributed by atoms with Crippen LogP contribution >= 0.6 is 0 Å². The number of anilines is 1. The molecule has 0 atom stereocenters. The van der Waals surface area contributed by atoms with Gasteiger partial charge in [-0.05, 0) is 42.7 Å². The summed E-state index contributed by atoms with van der Waals surface area (Å²) >= 11 is 0. The molecule has 5 heteroatoms. The standard InChI is InChI=1S/C23H25N3O2/c1-16-9-10-18(15-17(16)2)20-21(23(28)24(3)22(20)27)26-13-11-25(12-14-26)19-7-5-4-6-8-19/h4-10,15H,11-14H2,1-3H3. The predicted molar refractivity (Wildman–Crippen MR) is 111 cm³/mol. The molecule has 28 heavy (non-hydrogen) atoms. The van der Waals surface area contributed by atoms with Gasteiger partial charge in [-0.2, -0.15) is 0 Å². The number of likely N-dealkylation sites (N-methyl/N-ethyl adjacent to an activating group) is 1. The molecule has 1 saturated heterocycles. The summed E-state index contributed by atoms with van der Waals surface area (Å²) in [6.07, 6.45) is 0. The SMILES string of the molecule is Cc1ccc(C2=C(N3CCN(c4ccccc4)CC3)C(=O)N(C)C2=O)cc1C. The van der Waals surface area contributed by atoms with E-state index >= 15 is 0 Å².